The highest BCUT2D eigenvalue weighted by molar-refractivity contribution is 5.76. The van der Waals surface area contributed by atoms with Gasteiger partial charge in [0.15, 0.2) is 0 Å². The van der Waals surface area contributed by atoms with E-state index in [9.17, 15) is 4.79 Å². The van der Waals surface area contributed by atoms with Crippen molar-refractivity contribution in [2.45, 2.75) is 32.7 Å². The number of nitrogens with one attached hydrogen (secondary N) is 1. The number of hydrogen-bond donors (Lipinski definition) is 1. The summed E-state index contributed by atoms with van der Waals surface area (Å²) in [6.07, 6.45) is 1.93. The second-order valence-corrected chi connectivity index (χ2v) is 3.23. The Kier molecular flexibility index (Phi) is 2.44. The van der Waals surface area contributed by atoms with Crippen LogP contribution in [0, 0.1) is 5.92 Å². The van der Waals surface area contributed by atoms with E-state index in [2.05, 4.69) is 12.2 Å². The average Bonchev–Trinajstić information content (AvgIpc) is 2.15. The van der Waals surface area contributed by atoms with E-state index in [-0.39, 0.29) is 0 Å². The molecule has 0 bridgehead atoms. The molecule has 1 saturated heterocycles. The SMILES string of the molecule is CC(=O)CC1NCCC1C. The van der Waals surface area contributed by atoms with Gasteiger partial charge < -0.3 is 5.32 Å². The predicted molar refractivity (Wildman–Crippen MR) is 40.9 cm³/mol. The molecule has 0 amide bonds. The summed E-state index contributed by atoms with van der Waals surface area (Å²) in [6.45, 7) is 4.94. The first kappa shape index (κ1) is 7.73. The molecule has 0 saturated carbocycles. The summed E-state index contributed by atoms with van der Waals surface area (Å²) in [5, 5.41) is 3.32. The minimum atomic E-state index is 0.297. The highest BCUT2D eigenvalue weighted by Gasteiger charge is 2.23. The quantitative estimate of drug-likeness (QED) is 0.620. The molecule has 1 aliphatic heterocycles. The molecule has 0 aliphatic carbocycles. The lowest BCUT2D eigenvalue weighted by Gasteiger charge is -2.12. The van der Waals surface area contributed by atoms with Gasteiger partial charge in [-0.2, -0.15) is 0 Å². The van der Waals surface area contributed by atoms with Crippen molar-refractivity contribution in [1.29, 1.82) is 0 Å². The van der Waals surface area contributed by atoms with Crippen molar-refractivity contribution in [2.24, 2.45) is 5.92 Å². The number of rotatable bonds is 2. The van der Waals surface area contributed by atoms with E-state index >= 15 is 0 Å². The van der Waals surface area contributed by atoms with Crippen LogP contribution >= 0.6 is 0 Å². The first-order valence-corrected chi connectivity index (χ1v) is 3.93. The van der Waals surface area contributed by atoms with Gasteiger partial charge in [0.1, 0.15) is 5.78 Å². The molecule has 2 unspecified atom stereocenters. The van der Waals surface area contributed by atoms with Crippen LogP contribution in [-0.4, -0.2) is 18.4 Å². The lowest BCUT2D eigenvalue weighted by molar-refractivity contribution is -0.117. The van der Waals surface area contributed by atoms with Crippen LogP contribution in [0.3, 0.4) is 0 Å². The van der Waals surface area contributed by atoms with E-state index in [0.29, 0.717) is 24.2 Å². The van der Waals surface area contributed by atoms with Gasteiger partial charge in [-0.1, -0.05) is 6.92 Å². The van der Waals surface area contributed by atoms with Crippen LogP contribution in [-0.2, 0) is 4.79 Å². The molecule has 1 fully saturated rings. The maximum Gasteiger partial charge on any atom is 0.131 e. The first-order chi connectivity index (χ1) is 4.70. The van der Waals surface area contributed by atoms with E-state index in [4.69, 9.17) is 0 Å². The monoisotopic (exact) mass is 141 g/mol. The molecule has 58 valence electrons. The molecule has 1 aliphatic rings. The number of carbonyl (C=O) groups excluding carboxylic acids is 1. The van der Waals surface area contributed by atoms with Crippen LogP contribution in [0.15, 0.2) is 0 Å². The van der Waals surface area contributed by atoms with Crippen molar-refractivity contribution < 1.29 is 4.79 Å². The number of ketones is 1. The van der Waals surface area contributed by atoms with Crippen LogP contribution in [0.25, 0.3) is 0 Å². The van der Waals surface area contributed by atoms with Crippen molar-refractivity contribution in [1.82, 2.24) is 5.32 Å². The Morgan fingerprint density at radius 1 is 1.70 bits per heavy atom. The molecule has 1 heterocycles. The predicted octanol–water partition coefficient (Wildman–Crippen LogP) is 0.964. The van der Waals surface area contributed by atoms with Crippen LogP contribution < -0.4 is 5.32 Å². The number of Topliss-reactive ketones (excluding diaryl/α,β-unsaturated/α-hetero) is 1. The zero-order valence-corrected chi connectivity index (χ0v) is 6.68. The molecular weight excluding hydrogens is 126 g/mol. The average molecular weight is 141 g/mol. The van der Waals surface area contributed by atoms with Gasteiger partial charge in [-0.3, -0.25) is 4.79 Å². The van der Waals surface area contributed by atoms with E-state index in [1.165, 1.54) is 6.42 Å². The summed E-state index contributed by atoms with van der Waals surface area (Å²) in [5.74, 6) is 0.982. The Morgan fingerprint density at radius 3 is 2.80 bits per heavy atom. The second kappa shape index (κ2) is 3.15. The van der Waals surface area contributed by atoms with E-state index in [1.54, 1.807) is 6.92 Å². The maximum absolute atomic E-state index is 10.7. The van der Waals surface area contributed by atoms with Crippen molar-refractivity contribution >= 4 is 5.78 Å². The van der Waals surface area contributed by atoms with Crippen LogP contribution in [0.1, 0.15) is 26.7 Å². The van der Waals surface area contributed by atoms with Gasteiger partial charge in [0.25, 0.3) is 0 Å². The summed E-state index contributed by atoms with van der Waals surface area (Å²) >= 11 is 0. The summed E-state index contributed by atoms with van der Waals surface area (Å²) in [5.41, 5.74) is 0. The smallest absolute Gasteiger partial charge is 0.131 e. The fraction of sp³-hybridized carbons (Fsp3) is 0.875. The van der Waals surface area contributed by atoms with E-state index in [0.717, 1.165) is 6.54 Å². The molecule has 0 aromatic carbocycles. The Morgan fingerprint density at radius 2 is 2.40 bits per heavy atom. The minimum absolute atomic E-state index is 0.297. The Labute approximate surface area is 62.0 Å². The van der Waals surface area contributed by atoms with Crippen LogP contribution in [0.5, 0.6) is 0 Å². The summed E-state index contributed by atoms with van der Waals surface area (Å²) in [6, 6.07) is 0.456. The summed E-state index contributed by atoms with van der Waals surface area (Å²) in [4.78, 5) is 10.7. The molecule has 2 nitrogen and oxygen atoms in total. The second-order valence-electron chi connectivity index (χ2n) is 3.23. The van der Waals surface area contributed by atoms with Crippen LogP contribution in [0.2, 0.25) is 0 Å². The Bertz CT molecular complexity index is 133. The van der Waals surface area contributed by atoms with Crippen LogP contribution in [0.4, 0.5) is 0 Å². The zero-order chi connectivity index (χ0) is 7.56. The third-order valence-corrected chi connectivity index (χ3v) is 2.20. The topological polar surface area (TPSA) is 29.1 Å². The van der Waals surface area contributed by atoms with Gasteiger partial charge in [-0.25, -0.2) is 0 Å². The third kappa shape index (κ3) is 1.81. The molecule has 0 aromatic rings. The lowest BCUT2D eigenvalue weighted by Crippen LogP contribution is -2.27. The Hall–Kier alpha value is -0.370. The van der Waals surface area contributed by atoms with Crippen molar-refractivity contribution in [3.63, 3.8) is 0 Å². The highest BCUT2D eigenvalue weighted by atomic mass is 16.1. The molecule has 10 heavy (non-hydrogen) atoms. The molecule has 2 heteroatoms. The van der Waals surface area contributed by atoms with Crippen molar-refractivity contribution in [3.05, 3.63) is 0 Å². The van der Waals surface area contributed by atoms with Crippen molar-refractivity contribution in [3.8, 4) is 0 Å². The normalized spacial score (nSPS) is 32.6. The molecule has 2 atom stereocenters. The van der Waals surface area contributed by atoms with Gasteiger partial charge >= 0.3 is 0 Å². The third-order valence-electron chi connectivity index (χ3n) is 2.20. The minimum Gasteiger partial charge on any atom is -0.313 e. The fourth-order valence-corrected chi connectivity index (χ4v) is 1.48. The molecule has 1 N–H and O–H groups in total. The lowest BCUT2D eigenvalue weighted by atomic mass is 9.99. The summed E-state index contributed by atoms with van der Waals surface area (Å²) < 4.78 is 0. The van der Waals surface area contributed by atoms with Gasteiger partial charge in [-0.15, -0.1) is 0 Å². The molecular formula is C8H15NO. The first-order valence-electron chi connectivity index (χ1n) is 3.93. The standard InChI is InChI=1S/C8H15NO/c1-6-3-4-9-8(6)5-7(2)10/h6,8-9H,3-5H2,1-2H3. The molecule has 1 rings (SSSR count). The largest absolute Gasteiger partial charge is 0.313 e. The van der Waals surface area contributed by atoms with Gasteiger partial charge in [0.2, 0.25) is 0 Å². The molecule has 0 radical (unpaired) electrons. The van der Waals surface area contributed by atoms with Gasteiger partial charge in [-0.05, 0) is 25.8 Å². The van der Waals surface area contributed by atoms with Gasteiger partial charge in [0.05, 0.1) is 0 Å². The zero-order valence-electron chi connectivity index (χ0n) is 6.68. The number of carbonyl (C=O) groups is 1. The molecule has 0 aromatic heterocycles. The number of hydrogen-bond acceptors (Lipinski definition) is 2. The van der Waals surface area contributed by atoms with E-state index < -0.39 is 0 Å². The van der Waals surface area contributed by atoms with Crippen molar-refractivity contribution in [2.75, 3.05) is 6.54 Å². The molecule has 0 spiro atoms. The Balaban J connectivity index is 2.33. The highest BCUT2D eigenvalue weighted by Crippen LogP contribution is 2.16. The summed E-state index contributed by atoms with van der Waals surface area (Å²) in [7, 11) is 0. The van der Waals surface area contributed by atoms with E-state index in [1.807, 2.05) is 0 Å². The fourth-order valence-electron chi connectivity index (χ4n) is 1.48. The maximum atomic E-state index is 10.7. The van der Waals surface area contributed by atoms with Gasteiger partial charge in [0, 0.05) is 12.5 Å².